The van der Waals surface area contributed by atoms with Crippen LogP contribution in [0.4, 0.5) is 0 Å². The van der Waals surface area contributed by atoms with Gasteiger partial charge in [-0.25, -0.2) is 0 Å². The average molecular weight is 240 g/mol. The predicted molar refractivity (Wildman–Crippen MR) is 69.9 cm³/mol. The first kappa shape index (κ1) is 11.2. The molecular formula is C15H16N2O. The van der Waals surface area contributed by atoms with Crippen molar-refractivity contribution < 1.29 is 4.79 Å². The fraction of sp³-hybridized carbons (Fsp3) is 0.333. The third kappa shape index (κ3) is 1.76. The number of ketones is 1. The van der Waals surface area contributed by atoms with E-state index < -0.39 is 0 Å². The Morgan fingerprint density at radius 3 is 2.89 bits per heavy atom. The number of aromatic nitrogens is 2. The highest BCUT2D eigenvalue weighted by Crippen LogP contribution is 2.33. The lowest BCUT2D eigenvalue weighted by Crippen LogP contribution is -2.18. The summed E-state index contributed by atoms with van der Waals surface area (Å²) in [5, 5.41) is 7.18. The monoisotopic (exact) mass is 240 g/mol. The minimum Gasteiger partial charge on any atom is -0.294 e. The molecule has 0 bridgehead atoms. The van der Waals surface area contributed by atoms with Crippen molar-refractivity contribution in [3.8, 4) is 0 Å². The minimum atomic E-state index is 0.217. The highest BCUT2D eigenvalue weighted by atomic mass is 16.1. The van der Waals surface area contributed by atoms with Crippen molar-refractivity contribution in [1.82, 2.24) is 10.2 Å². The smallest absolute Gasteiger partial charge is 0.167 e. The lowest BCUT2D eigenvalue weighted by molar-refractivity contribution is 0.0963. The van der Waals surface area contributed by atoms with Crippen LogP contribution in [0, 0.1) is 13.8 Å². The van der Waals surface area contributed by atoms with Gasteiger partial charge in [-0.05, 0) is 31.7 Å². The van der Waals surface area contributed by atoms with Crippen LogP contribution in [-0.4, -0.2) is 16.0 Å². The van der Waals surface area contributed by atoms with Gasteiger partial charge in [0.05, 0.1) is 11.3 Å². The van der Waals surface area contributed by atoms with Gasteiger partial charge in [-0.2, -0.15) is 5.10 Å². The first-order valence-corrected chi connectivity index (χ1v) is 6.28. The third-order valence-electron chi connectivity index (χ3n) is 3.69. The number of carbonyl (C=O) groups excluding carboxylic acids is 1. The Hall–Kier alpha value is -1.90. The Balaban J connectivity index is 1.97. The number of nitrogens with one attached hydrogen (secondary N) is 1. The summed E-state index contributed by atoms with van der Waals surface area (Å²) in [7, 11) is 0. The molecular weight excluding hydrogens is 224 g/mol. The average Bonchev–Trinajstić information content (AvgIpc) is 2.71. The zero-order chi connectivity index (χ0) is 12.7. The van der Waals surface area contributed by atoms with Crippen LogP contribution < -0.4 is 0 Å². The summed E-state index contributed by atoms with van der Waals surface area (Å²) in [5.41, 5.74) is 5.13. The van der Waals surface area contributed by atoms with Gasteiger partial charge in [0, 0.05) is 12.1 Å². The number of fused-ring (bicyclic) bond motifs is 1. The van der Waals surface area contributed by atoms with Gasteiger partial charge in [-0.15, -0.1) is 0 Å². The van der Waals surface area contributed by atoms with E-state index in [-0.39, 0.29) is 11.7 Å². The second-order valence-electron chi connectivity index (χ2n) is 5.11. The van der Waals surface area contributed by atoms with E-state index in [0.29, 0.717) is 6.42 Å². The van der Waals surface area contributed by atoms with Crippen LogP contribution in [0.5, 0.6) is 0 Å². The summed E-state index contributed by atoms with van der Waals surface area (Å²) in [4.78, 5) is 12.2. The van der Waals surface area contributed by atoms with E-state index in [1.54, 1.807) is 0 Å². The van der Waals surface area contributed by atoms with E-state index in [9.17, 15) is 4.79 Å². The molecule has 1 atom stereocenters. The molecule has 0 saturated heterocycles. The molecule has 1 aliphatic carbocycles. The van der Waals surface area contributed by atoms with Gasteiger partial charge >= 0.3 is 0 Å². The summed E-state index contributed by atoms with van der Waals surface area (Å²) < 4.78 is 0. The molecule has 92 valence electrons. The normalized spacial score (nSPS) is 18.8. The zero-order valence-corrected chi connectivity index (χ0v) is 10.7. The number of nitrogens with zero attached hydrogens (tertiary/aromatic N) is 1. The molecule has 0 fully saturated rings. The highest BCUT2D eigenvalue weighted by Gasteiger charge is 2.29. The molecule has 3 heteroatoms. The molecule has 1 aromatic carbocycles. The molecule has 1 heterocycles. The quantitative estimate of drug-likeness (QED) is 0.833. The second kappa shape index (κ2) is 4.09. The van der Waals surface area contributed by atoms with E-state index in [1.165, 1.54) is 11.1 Å². The highest BCUT2D eigenvalue weighted by molar-refractivity contribution is 5.99. The number of benzene rings is 1. The maximum atomic E-state index is 12.2. The van der Waals surface area contributed by atoms with Gasteiger partial charge in [0.1, 0.15) is 0 Å². The minimum absolute atomic E-state index is 0.217. The molecule has 0 spiro atoms. The molecule has 3 nitrogen and oxygen atoms in total. The van der Waals surface area contributed by atoms with Crippen molar-refractivity contribution >= 4 is 5.78 Å². The number of hydrogen-bond acceptors (Lipinski definition) is 2. The van der Waals surface area contributed by atoms with Crippen LogP contribution in [0.1, 0.15) is 45.2 Å². The molecule has 1 N–H and O–H groups in total. The van der Waals surface area contributed by atoms with Gasteiger partial charge in [0.15, 0.2) is 5.78 Å². The molecule has 0 aliphatic heterocycles. The molecule has 18 heavy (non-hydrogen) atoms. The number of aryl methyl sites for hydroxylation is 2. The van der Waals surface area contributed by atoms with E-state index in [2.05, 4.69) is 41.4 Å². The summed E-state index contributed by atoms with van der Waals surface area (Å²) in [6.07, 6.45) is 1.45. The maximum absolute atomic E-state index is 12.2. The fourth-order valence-electron chi connectivity index (χ4n) is 2.79. The van der Waals surface area contributed by atoms with Gasteiger partial charge in [-0.3, -0.25) is 9.89 Å². The molecule has 1 aromatic heterocycles. The second-order valence-corrected chi connectivity index (χ2v) is 5.11. The topological polar surface area (TPSA) is 45.8 Å². The Morgan fingerprint density at radius 1 is 1.28 bits per heavy atom. The Kier molecular flexibility index (Phi) is 2.54. The first-order chi connectivity index (χ1) is 8.65. The first-order valence-electron chi connectivity index (χ1n) is 6.28. The largest absolute Gasteiger partial charge is 0.294 e. The Morgan fingerprint density at radius 2 is 2.11 bits per heavy atom. The third-order valence-corrected chi connectivity index (χ3v) is 3.69. The standard InChI is InChI=1S/C15H16N2O/c1-9-4-3-5-11(6-9)12-7-13-15(14(18)8-12)10(2)16-17-13/h3-6,12H,7-8H2,1-2H3,(H,16,17). The lowest BCUT2D eigenvalue weighted by Gasteiger charge is -2.21. The van der Waals surface area contributed by atoms with Gasteiger partial charge in [-0.1, -0.05) is 29.8 Å². The van der Waals surface area contributed by atoms with Crippen molar-refractivity contribution in [2.45, 2.75) is 32.6 Å². The molecule has 3 rings (SSSR count). The van der Waals surface area contributed by atoms with E-state index in [4.69, 9.17) is 0 Å². The molecule has 2 aromatic rings. The molecule has 0 amide bonds. The summed E-state index contributed by atoms with van der Waals surface area (Å²) >= 11 is 0. The number of rotatable bonds is 1. The summed E-state index contributed by atoms with van der Waals surface area (Å²) in [6, 6.07) is 8.41. The van der Waals surface area contributed by atoms with Crippen LogP contribution >= 0.6 is 0 Å². The van der Waals surface area contributed by atoms with Crippen LogP contribution in [0.2, 0.25) is 0 Å². The van der Waals surface area contributed by atoms with Crippen molar-refractivity contribution in [2.24, 2.45) is 0 Å². The lowest BCUT2D eigenvalue weighted by atomic mass is 9.81. The predicted octanol–water partition coefficient (Wildman–Crippen LogP) is 2.94. The molecule has 1 aliphatic rings. The van der Waals surface area contributed by atoms with Crippen molar-refractivity contribution in [1.29, 1.82) is 0 Å². The Bertz CT molecular complexity index is 613. The van der Waals surface area contributed by atoms with Crippen LogP contribution in [0.15, 0.2) is 24.3 Å². The van der Waals surface area contributed by atoms with E-state index in [1.807, 2.05) is 6.92 Å². The molecule has 0 saturated carbocycles. The van der Waals surface area contributed by atoms with Gasteiger partial charge in [0.25, 0.3) is 0 Å². The zero-order valence-electron chi connectivity index (χ0n) is 10.7. The van der Waals surface area contributed by atoms with Crippen molar-refractivity contribution in [3.63, 3.8) is 0 Å². The van der Waals surface area contributed by atoms with E-state index >= 15 is 0 Å². The number of aromatic amines is 1. The van der Waals surface area contributed by atoms with Crippen LogP contribution in [-0.2, 0) is 6.42 Å². The van der Waals surface area contributed by atoms with Crippen LogP contribution in [0.25, 0.3) is 0 Å². The van der Waals surface area contributed by atoms with Crippen LogP contribution in [0.3, 0.4) is 0 Å². The molecule has 1 unspecified atom stereocenters. The van der Waals surface area contributed by atoms with Gasteiger partial charge in [0.2, 0.25) is 0 Å². The fourth-order valence-corrected chi connectivity index (χ4v) is 2.79. The number of H-pyrrole nitrogens is 1. The summed E-state index contributed by atoms with van der Waals surface area (Å²) in [5.74, 6) is 0.488. The summed E-state index contributed by atoms with van der Waals surface area (Å²) in [6.45, 7) is 4.00. The molecule has 0 radical (unpaired) electrons. The number of Topliss-reactive ketones (excluding diaryl/α,β-unsaturated/α-hetero) is 1. The maximum Gasteiger partial charge on any atom is 0.167 e. The van der Waals surface area contributed by atoms with Crippen molar-refractivity contribution in [2.75, 3.05) is 0 Å². The van der Waals surface area contributed by atoms with E-state index in [0.717, 1.165) is 23.4 Å². The Labute approximate surface area is 106 Å². The van der Waals surface area contributed by atoms with Crippen molar-refractivity contribution in [3.05, 3.63) is 52.3 Å². The van der Waals surface area contributed by atoms with Gasteiger partial charge < -0.3 is 0 Å². The number of carbonyl (C=O) groups is 1. The SMILES string of the molecule is Cc1cccc(C2CC(=O)c3c(n[nH]c3C)C2)c1. The number of hydrogen-bond donors (Lipinski definition) is 1.